The summed E-state index contributed by atoms with van der Waals surface area (Å²) in [4.78, 5) is 60.5. The Morgan fingerprint density at radius 2 is 0.792 bits per heavy atom. The molecule has 1 rings (SSSR count). The number of hydrogen-bond acceptors (Lipinski definition) is 10. The van der Waals surface area contributed by atoms with E-state index in [1.165, 1.54) is 173 Å². The predicted octanol–water partition coefficient (Wildman–Crippen LogP) is 18.5. The van der Waals surface area contributed by atoms with E-state index in [4.69, 9.17) is 9.47 Å². The smallest absolute Gasteiger partial charge is 0.306 e. The minimum atomic E-state index is -0.475. The van der Waals surface area contributed by atoms with Crippen molar-refractivity contribution in [3.05, 3.63) is 20.4 Å². The van der Waals surface area contributed by atoms with Crippen LogP contribution in [0.1, 0.15) is 330 Å². The first-order valence-corrected chi connectivity index (χ1v) is 33.7. The highest BCUT2D eigenvalue weighted by Crippen LogP contribution is 2.21. The van der Waals surface area contributed by atoms with E-state index >= 15 is 0 Å². The van der Waals surface area contributed by atoms with Gasteiger partial charge in [0.25, 0.3) is 10.9 Å². The van der Waals surface area contributed by atoms with Gasteiger partial charge in [-0.05, 0) is 110 Å². The molecule has 0 amide bonds. The second kappa shape index (κ2) is 55.3. The summed E-state index contributed by atoms with van der Waals surface area (Å²) in [5.74, 6) is -0.0498. The first-order valence-electron chi connectivity index (χ1n) is 33.7. The Labute approximate surface area is 475 Å². The average molecular weight is 1080 g/mol. The van der Waals surface area contributed by atoms with Crippen LogP contribution >= 0.6 is 0 Å². The molecule has 0 saturated carbocycles. The molecule has 77 heavy (non-hydrogen) atoms. The van der Waals surface area contributed by atoms with Crippen molar-refractivity contribution in [3.63, 3.8) is 0 Å². The first kappa shape index (κ1) is 72.4. The Kier molecular flexibility index (Phi) is 52.0. The Hall–Kier alpha value is -2.59. The van der Waals surface area contributed by atoms with Gasteiger partial charge in [0.1, 0.15) is 17.5 Å². The van der Waals surface area contributed by atoms with Crippen LogP contribution in [0, 0.1) is 0 Å². The summed E-state index contributed by atoms with van der Waals surface area (Å²) in [6.07, 6.45) is 55.5. The minimum Gasteiger partial charge on any atom is -0.466 e. The van der Waals surface area contributed by atoms with E-state index in [-0.39, 0.29) is 18.0 Å². The van der Waals surface area contributed by atoms with E-state index in [9.17, 15) is 19.2 Å². The minimum absolute atomic E-state index is 0.00242. The summed E-state index contributed by atoms with van der Waals surface area (Å²) in [6, 6.07) is 0. The number of ether oxygens (including phenoxy) is 2. The molecular formula is C67H126N4O6. The van der Waals surface area contributed by atoms with Crippen molar-refractivity contribution in [2.45, 2.75) is 336 Å². The number of rotatable bonds is 61. The largest absolute Gasteiger partial charge is 0.466 e. The van der Waals surface area contributed by atoms with E-state index in [0.29, 0.717) is 43.9 Å². The Bertz CT molecular complexity index is 1530. The first-order chi connectivity index (χ1) is 37.8. The molecule has 0 atom stereocenters. The third-order valence-corrected chi connectivity index (χ3v) is 15.8. The third-order valence-electron chi connectivity index (χ3n) is 15.8. The second-order valence-corrected chi connectivity index (χ2v) is 23.3. The van der Waals surface area contributed by atoms with Crippen LogP contribution in [-0.2, 0) is 19.1 Å². The fraction of sp³-hybridized carbons (Fsp3) is 0.896. The molecule has 0 radical (unpaired) electrons. The molecule has 1 aromatic rings. The summed E-state index contributed by atoms with van der Waals surface area (Å²) in [5.41, 5.74) is -0.243. The van der Waals surface area contributed by atoms with Gasteiger partial charge in [0.2, 0.25) is 0 Å². The van der Waals surface area contributed by atoms with E-state index in [2.05, 4.69) is 54.7 Å². The highest BCUT2D eigenvalue weighted by atomic mass is 16.5. The van der Waals surface area contributed by atoms with Gasteiger partial charge >= 0.3 is 11.9 Å². The van der Waals surface area contributed by atoms with Gasteiger partial charge in [-0.15, -0.1) is 0 Å². The molecule has 0 aliphatic heterocycles. The quantitative estimate of drug-likeness (QED) is 0.0294. The predicted molar refractivity (Wildman–Crippen MR) is 332 cm³/mol. The number of unbranched alkanes of at least 4 members (excludes halogenated alkanes) is 34. The second-order valence-electron chi connectivity index (χ2n) is 23.3. The molecule has 0 saturated heterocycles. The summed E-state index contributed by atoms with van der Waals surface area (Å²) in [7, 11) is 0. The van der Waals surface area contributed by atoms with Gasteiger partial charge in [0, 0.05) is 32.1 Å². The van der Waals surface area contributed by atoms with Gasteiger partial charge in [0.15, 0.2) is 0 Å². The van der Waals surface area contributed by atoms with Crippen LogP contribution in [0.3, 0.4) is 0 Å². The fourth-order valence-electron chi connectivity index (χ4n) is 10.7. The number of esters is 2. The van der Waals surface area contributed by atoms with Crippen molar-refractivity contribution in [1.29, 1.82) is 0 Å². The lowest BCUT2D eigenvalue weighted by Crippen LogP contribution is -2.35. The summed E-state index contributed by atoms with van der Waals surface area (Å²) >= 11 is 0. The van der Waals surface area contributed by atoms with Crippen molar-refractivity contribution >= 4 is 29.5 Å². The van der Waals surface area contributed by atoms with Gasteiger partial charge in [-0.25, -0.2) is 0 Å². The van der Waals surface area contributed by atoms with Crippen LogP contribution in [0.5, 0.6) is 0 Å². The molecule has 0 unspecified atom stereocenters. The summed E-state index contributed by atoms with van der Waals surface area (Å²) < 4.78 is 11.6. The van der Waals surface area contributed by atoms with Crippen molar-refractivity contribution in [1.82, 2.24) is 9.80 Å². The van der Waals surface area contributed by atoms with Crippen molar-refractivity contribution in [2.24, 2.45) is 4.99 Å². The van der Waals surface area contributed by atoms with Crippen LogP contribution in [0.4, 0.5) is 11.4 Å². The van der Waals surface area contributed by atoms with Crippen molar-refractivity contribution in [3.8, 4) is 0 Å². The lowest BCUT2D eigenvalue weighted by Gasteiger charge is -2.23. The number of carbonyl (C=O) groups is 2. The average Bonchev–Trinajstić information content (AvgIpc) is 3.45. The van der Waals surface area contributed by atoms with Gasteiger partial charge in [-0.3, -0.25) is 29.1 Å². The topological polar surface area (TPSA) is 118 Å². The number of carbonyl (C=O) groups excluding carboxylic acids is 2. The molecule has 0 aliphatic carbocycles. The number of aliphatic imine (C=N–C) groups is 1. The summed E-state index contributed by atoms with van der Waals surface area (Å²) in [6.45, 7) is 18.2. The molecule has 0 fully saturated rings. The number of anilines is 1. The molecule has 450 valence electrons. The number of nitrogens with one attached hydrogen (secondary N) is 1. The molecule has 10 nitrogen and oxygen atoms in total. The molecule has 1 N–H and O–H groups in total. The van der Waals surface area contributed by atoms with Crippen molar-refractivity contribution < 1.29 is 19.1 Å². The molecule has 0 spiro atoms. The van der Waals surface area contributed by atoms with Crippen LogP contribution < -0.4 is 16.2 Å². The Morgan fingerprint density at radius 1 is 0.429 bits per heavy atom. The Balaban J connectivity index is 2.68. The third kappa shape index (κ3) is 43.8. The van der Waals surface area contributed by atoms with Gasteiger partial charge in [0.05, 0.1) is 6.61 Å². The maximum absolute atomic E-state index is 13.0. The normalized spacial score (nSPS) is 11.9. The fourth-order valence-corrected chi connectivity index (χ4v) is 10.7. The molecule has 1 aromatic carbocycles. The maximum Gasteiger partial charge on any atom is 0.306 e. The maximum atomic E-state index is 13.0. The zero-order valence-corrected chi connectivity index (χ0v) is 51.6. The molecule has 0 aliphatic rings. The molecule has 0 heterocycles. The van der Waals surface area contributed by atoms with Gasteiger partial charge in [-0.1, -0.05) is 240 Å². The SMILES string of the molecule is CCCCCCCCCOC(=O)CCCCCCCN(CCCCCCCC(=O)OC(CCCCCCCC)CCCCCCCC)CCCNc1c(N=CCN(CCCCCCCC)CCCCCCCC)c(=O)c1=O. The lowest BCUT2D eigenvalue weighted by molar-refractivity contribution is -0.150. The monoisotopic (exact) mass is 1080 g/mol. The zero-order valence-electron chi connectivity index (χ0n) is 51.6. The lowest BCUT2D eigenvalue weighted by atomic mass is 10.0. The van der Waals surface area contributed by atoms with Crippen LogP contribution in [0.25, 0.3) is 0 Å². The number of hydrogen-bond donors (Lipinski definition) is 1. The zero-order chi connectivity index (χ0) is 55.9. The van der Waals surface area contributed by atoms with Crippen LogP contribution in [0.15, 0.2) is 14.6 Å². The van der Waals surface area contributed by atoms with E-state index in [1.807, 2.05) is 6.21 Å². The number of nitrogens with zero attached hydrogens (tertiary/aromatic N) is 3. The van der Waals surface area contributed by atoms with E-state index in [1.54, 1.807) is 0 Å². The molecule has 0 bridgehead atoms. The van der Waals surface area contributed by atoms with Crippen molar-refractivity contribution in [2.75, 3.05) is 57.7 Å². The van der Waals surface area contributed by atoms with E-state index < -0.39 is 10.9 Å². The molecule has 10 heteroatoms. The molecule has 0 aromatic heterocycles. The van der Waals surface area contributed by atoms with Gasteiger partial charge < -0.3 is 19.7 Å². The highest BCUT2D eigenvalue weighted by molar-refractivity contribution is 5.76. The van der Waals surface area contributed by atoms with E-state index in [0.717, 1.165) is 142 Å². The van der Waals surface area contributed by atoms with Crippen LogP contribution in [-0.4, -0.2) is 86.5 Å². The highest BCUT2D eigenvalue weighted by Gasteiger charge is 2.20. The standard InChI is InChI=1S/C67H126N4O6/c1-6-11-16-21-26-37-46-60-76-62(72)50-40-31-27-35-42-54-70(55-43-36-28-32-41-51-63(73)77-61(48-38-29-22-17-12-7-2)49-39-30-23-18-13-8-3)58-47-52-68-64-65(67(75)66(64)74)69-53-59-71(56-44-33-24-19-14-9-4)57-45-34-25-20-15-10-5/h53,61,68H,6-52,54-60H2,1-5H3. The van der Waals surface area contributed by atoms with Crippen LogP contribution in [0.2, 0.25) is 0 Å². The molecular weight excluding hydrogens is 957 g/mol. The van der Waals surface area contributed by atoms with Gasteiger partial charge in [-0.2, -0.15) is 0 Å². The summed E-state index contributed by atoms with van der Waals surface area (Å²) in [5, 5.41) is 3.32. The Morgan fingerprint density at radius 3 is 1.25 bits per heavy atom.